The molecule has 0 bridgehead atoms. The zero-order valence-electron chi connectivity index (χ0n) is 12.7. The predicted octanol–water partition coefficient (Wildman–Crippen LogP) is 1.69. The zero-order valence-corrected chi connectivity index (χ0v) is 12.7. The van der Waals surface area contributed by atoms with Crippen molar-refractivity contribution in [3.8, 4) is 0 Å². The molecule has 0 aliphatic heterocycles. The van der Waals surface area contributed by atoms with Crippen molar-refractivity contribution in [2.45, 2.75) is 26.4 Å². The van der Waals surface area contributed by atoms with Crippen molar-refractivity contribution >= 4 is 5.97 Å². The van der Waals surface area contributed by atoms with E-state index < -0.39 is 12.0 Å². The molecule has 0 aliphatic rings. The Morgan fingerprint density at radius 2 is 2.14 bits per heavy atom. The van der Waals surface area contributed by atoms with E-state index in [9.17, 15) is 9.90 Å². The van der Waals surface area contributed by atoms with Crippen LogP contribution in [-0.4, -0.2) is 37.8 Å². The van der Waals surface area contributed by atoms with Crippen molar-refractivity contribution in [2.24, 2.45) is 7.05 Å². The maximum Gasteiger partial charge on any atom is 0.325 e. The van der Waals surface area contributed by atoms with Crippen molar-refractivity contribution in [2.75, 3.05) is 7.05 Å². The van der Waals surface area contributed by atoms with E-state index in [2.05, 4.69) is 10.2 Å². The Morgan fingerprint density at radius 3 is 2.71 bits per heavy atom. The molecular weight excluding hydrogens is 268 g/mol. The summed E-state index contributed by atoms with van der Waals surface area (Å²) >= 11 is 0. The Hall–Kier alpha value is -2.21. The fraction of sp³-hybridized carbons (Fsp3) is 0.400. The zero-order chi connectivity index (χ0) is 15.6. The third-order valence-electron chi connectivity index (χ3n) is 3.60. The second-order valence-electron chi connectivity index (χ2n) is 5.37. The minimum Gasteiger partial charge on any atom is -0.480 e. The molecule has 6 nitrogen and oxygen atoms in total. The van der Waals surface area contributed by atoms with Crippen molar-refractivity contribution in [3.05, 3.63) is 47.0 Å². The minimum atomic E-state index is -0.867. The number of hydrogen-bond acceptors (Lipinski definition) is 4. The van der Waals surface area contributed by atoms with Gasteiger partial charge in [-0.2, -0.15) is 0 Å². The normalized spacial score (nSPS) is 12.6. The van der Waals surface area contributed by atoms with Crippen molar-refractivity contribution < 1.29 is 9.90 Å². The maximum atomic E-state index is 11.7. The highest BCUT2D eigenvalue weighted by molar-refractivity contribution is 5.76. The van der Waals surface area contributed by atoms with Gasteiger partial charge in [0, 0.05) is 7.05 Å². The standard InChI is InChI=1S/C15H20N4O2/c1-10-5-6-11(2)12(7-10)14(15(20)21)18(3)8-13-17-16-9-19(13)4/h5-7,9,14H,8H2,1-4H3,(H,20,21). The number of aryl methyl sites for hydroxylation is 3. The van der Waals surface area contributed by atoms with Gasteiger partial charge in [0.25, 0.3) is 0 Å². The molecule has 0 aliphatic carbocycles. The van der Waals surface area contributed by atoms with Gasteiger partial charge >= 0.3 is 5.97 Å². The molecule has 112 valence electrons. The topological polar surface area (TPSA) is 71.2 Å². The van der Waals surface area contributed by atoms with Gasteiger partial charge in [-0.25, -0.2) is 0 Å². The average molecular weight is 288 g/mol. The molecule has 0 fully saturated rings. The summed E-state index contributed by atoms with van der Waals surface area (Å²) in [4.78, 5) is 13.5. The van der Waals surface area contributed by atoms with Gasteiger partial charge < -0.3 is 9.67 Å². The lowest BCUT2D eigenvalue weighted by molar-refractivity contribution is -0.143. The summed E-state index contributed by atoms with van der Waals surface area (Å²) in [5, 5.41) is 17.5. The largest absolute Gasteiger partial charge is 0.480 e. The Morgan fingerprint density at radius 1 is 1.43 bits per heavy atom. The fourth-order valence-electron chi connectivity index (χ4n) is 2.38. The number of benzene rings is 1. The Labute approximate surface area is 124 Å². The number of carboxylic acid groups (broad SMARTS) is 1. The van der Waals surface area contributed by atoms with Crippen LogP contribution in [0.25, 0.3) is 0 Å². The second-order valence-corrected chi connectivity index (χ2v) is 5.37. The van der Waals surface area contributed by atoms with Gasteiger partial charge in [-0.05, 0) is 32.0 Å². The first-order chi connectivity index (χ1) is 9.90. The van der Waals surface area contributed by atoms with E-state index in [1.807, 2.05) is 39.1 Å². The van der Waals surface area contributed by atoms with Gasteiger partial charge in [0.05, 0.1) is 6.54 Å². The van der Waals surface area contributed by atoms with Crippen molar-refractivity contribution in [3.63, 3.8) is 0 Å². The summed E-state index contributed by atoms with van der Waals surface area (Å²) in [7, 11) is 3.63. The molecule has 0 saturated heterocycles. The number of rotatable bonds is 5. The second kappa shape index (κ2) is 6.05. The quantitative estimate of drug-likeness (QED) is 0.906. The SMILES string of the molecule is Cc1ccc(C)c(C(C(=O)O)N(C)Cc2nncn2C)c1. The molecule has 0 radical (unpaired) electrons. The first kappa shape index (κ1) is 15.2. The molecule has 0 saturated carbocycles. The highest BCUT2D eigenvalue weighted by Gasteiger charge is 2.27. The van der Waals surface area contributed by atoms with Gasteiger partial charge in [0.1, 0.15) is 18.2 Å². The van der Waals surface area contributed by atoms with Crippen LogP contribution in [0.2, 0.25) is 0 Å². The highest BCUT2D eigenvalue weighted by Crippen LogP contribution is 2.25. The first-order valence-electron chi connectivity index (χ1n) is 6.73. The van der Waals surface area contributed by atoms with Gasteiger partial charge in [0.2, 0.25) is 0 Å². The predicted molar refractivity (Wildman–Crippen MR) is 78.8 cm³/mol. The van der Waals surface area contributed by atoms with E-state index in [4.69, 9.17) is 0 Å². The van der Waals surface area contributed by atoms with Gasteiger partial charge in [-0.3, -0.25) is 9.69 Å². The molecule has 2 rings (SSSR count). The first-order valence-corrected chi connectivity index (χ1v) is 6.73. The molecule has 1 unspecified atom stereocenters. The lowest BCUT2D eigenvalue weighted by atomic mass is 9.98. The van der Waals surface area contributed by atoms with Crippen LogP contribution in [0.4, 0.5) is 0 Å². The Bertz CT molecular complexity index is 651. The number of likely N-dealkylation sites (N-methyl/N-ethyl adjacent to an activating group) is 1. The van der Waals surface area contributed by atoms with Gasteiger partial charge in [-0.1, -0.05) is 23.8 Å². The summed E-state index contributed by atoms with van der Waals surface area (Å²) in [5.74, 6) is -0.137. The summed E-state index contributed by atoms with van der Waals surface area (Å²) < 4.78 is 1.79. The fourth-order valence-corrected chi connectivity index (χ4v) is 2.38. The Kier molecular flexibility index (Phi) is 4.37. The molecule has 2 aromatic rings. The summed E-state index contributed by atoms with van der Waals surface area (Å²) in [6.45, 7) is 4.31. The molecule has 1 atom stereocenters. The van der Waals surface area contributed by atoms with Crippen molar-refractivity contribution in [1.82, 2.24) is 19.7 Å². The lowest BCUT2D eigenvalue weighted by Gasteiger charge is -2.26. The molecule has 6 heteroatoms. The molecule has 0 spiro atoms. The molecule has 1 N–H and O–H groups in total. The van der Waals surface area contributed by atoms with Crippen LogP contribution < -0.4 is 0 Å². The number of carbonyl (C=O) groups is 1. The van der Waals surface area contributed by atoms with E-state index in [1.54, 1.807) is 22.8 Å². The van der Waals surface area contributed by atoms with Crippen LogP contribution in [0, 0.1) is 13.8 Å². The molecule has 1 aromatic carbocycles. The van der Waals surface area contributed by atoms with Crippen LogP contribution in [0.5, 0.6) is 0 Å². The smallest absolute Gasteiger partial charge is 0.325 e. The van der Waals surface area contributed by atoms with E-state index in [-0.39, 0.29) is 0 Å². The summed E-state index contributed by atoms with van der Waals surface area (Å²) in [6.07, 6.45) is 1.61. The van der Waals surface area contributed by atoms with Gasteiger partial charge in [0.15, 0.2) is 0 Å². The number of nitrogens with zero attached hydrogens (tertiary/aromatic N) is 4. The molecular formula is C15H20N4O2. The molecule has 21 heavy (non-hydrogen) atoms. The van der Waals surface area contributed by atoms with Crippen LogP contribution in [-0.2, 0) is 18.4 Å². The monoisotopic (exact) mass is 288 g/mol. The van der Waals surface area contributed by atoms with E-state index in [1.165, 1.54) is 0 Å². The summed E-state index contributed by atoms with van der Waals surface area (Å²) in [6, 6.07) is 5.17. The van der Waals surface area contributed by atoms with E-state index in [0.29, 0.717) is 6.54 Å². The Balaban J connectivity index is 2.32. The maximum absolute atomic E-state index is 11.7. The average Bonchev–Trinajstić information content (AvgIpc) is 2.79. The van der Waals surface area contributed by atoms with Crippen LogP contribution in [0.3, 0.4) is 0 Å². The lowest BCUT2D eigenvalue weighted by Crippen LogP contribution is -2.32. The number of hydrogen-bond donors (Lipinski definition) is 1. The van der Waals surface area contributed by atoms with Crippen molar-refractivity contribution in [1.29, 1.82) is 0 Å². The highest BCUT2D eigenvalue weighted by atomic mass is 16.4. The van der Waals surface area contributed by atoms with Crippen LogP contribution in [0.15, 0.2) is 24.5 Å². The summed E-state index contributed by atoms with van der Waals surface area (Å²) in [5.41, 5.74) is 2.83. The number of aromatic nitrogens is 3. The third kappa shape index (κ3) is 3.28. The minimum absolute atomic E-state index is 0.418. The number of carboxylic acids is 1. The van der Waals surface area contributed by atoms with E-state index >= 15 is 0 Å². The molecule has 1 heterocycles. The van der Waals surface area contributed by atoms with Crippen LogP contribution >= 0.6 is 0 Å². The van der Waals surface area contributed by atoms with Crippen LogP contribution in [0.1, 0.15) is 28.6 Å². The number of aliphatic carboxylic acids is 1. The molecule has 1 aromatic heterocycles. The third-order valence-corrected chi connectivity index (χ3v) is 3.60. The van der Waals surface area contributed by atoms with E-state index in [0.717, 1.165) is 22.5 Å². The molecule has 0 amide bonds. The van der Waals surface area contributed by atoms with Gasteiger partial charge in [-0.15, -0.1) is 10.2 Å².